The molecule has 0 fully saturated rings. The molecule has 24 heavy (non-hydrogen) atoms. The van der Waals surface area contributed by atoms with Crippen LogP contribution in [0.1, 0.15) is 10.9 Å². The molecule has 1 unspecified atom stereocenters. The van der Waals surface area contributed by atoms with E-state index in [0.717, 1.165) is 5.56 Å². The van der Waals surface area contributed by atoms with Crippen LogP contribution in [0.5, 0.6) is 5.75 Å². The van der Waals surface area contributed by atoms with E-state index in [0.29, 0.717) is 16.5 Å². The first kappa shape index (κ1) is 14.8. The van der Waals surface area contributed by atoms with Gasteiger partial charge in [-0.25, -0.2) is 4.68 Å². The third-order valence-electron chi connectivity index (χ3n) is 3.65. The van der Waals surface area contributed by atoms with Gasteiger partial charge in [-0.15, -0.1) is 10.2 Å². The van der Waals surface area contributed by atoms with Crippen molar-refractivity contribution in [3.63, 3.8) is 0 Å². The predicted octanol–water partition coefficient (Wildman–Crippen LogP) is 2.69. The average molecular weight is 342 g/mol. The summed E-state index contributed by atoms with van der Waals surface area (Å²) < 4.78 is 1.70. The number of nitrogens with one attached hydrogen (secondary N) is 1. The molecule has 1 aliphatic heterocycles. The minimum absolute atomic E-state index is 0.104. The Morgan fingerprint density at radius 3 is 2.79 bits per heavy atom. The Balaban J connectivity index is 1.68. The highest BCUT2D eigenvalue weighted by Crippen LogP contribution is 2.42. The molecule has 2 aromatic carbocycles. The van der Waals surface area contributed by atoms with E-state index in [9.17, 15) is 10.3 Å². The summed E-state index contributed by atoms with van der Waals surface area (Å²) in [7, 11) is 0. The number of aromatic nitrogens is 3. The third kappa shape index (κ3) is 2.44. The molecule has 1 atom stereocenters. The monoisotopic (exact) mass is 342 g/mol. The minimum Gasteiger partial charge on any atom is -0.733 e. The molecule has 4 rings (SSSR count). The van der Waals surface area contributed by atoms with E-state index in [-0.39, 0.29) is 22.0 Å². The Kier molecular flexibility index (Phi) is 3.53. The summed E-state index contributed by atoms with van der Waals surface area (Å²) in [5, 5.41) is 38.6. The zero-order valence-electron chi connectivity index (χ0n) is 12.2. The first-order valence-electron chi connectivity index (χ1n) is 7.06. The smallest absolute Gasteiger partial charge is 0.212 e. The van der Waals surface area contributed by atoms with Gasteiger partial charge in [0.05, 0.1) is 5.69 Å². The van der Waals surface area contributed by atoms with Crippen molar-refractivity contribution in [2.75, 3.05) is 10.7 Å². The van der Waals surface area contributed by atoms with Crippen LogP contribution in [0.15, 0.2) is 53.7 Å². The molecule has 3 aromatic rings. The quantitative estimate of drug-likeness (QED) is 0.623. The van der Waals surface area contributed by atoms with Crippen molar-refractivity contribution in [1.29, 1.82) is 0 Å². The first-order chi connectivity index (χ1) is 11.6. The number of rotatable bonds is 3. The van der Waals surface area contributed by atoms with Gasteiger partial charge < -0.3 is 21.0 Å². The van der Waals surface area contributed by atoms with E-state index in [1.807, 2.05) is 12.1 Å². The number of anilines is 1. The van der Waals surface area contributed by atoms with Crippen LogP contribution in [0.4, 0.5) is 5.69 Å². The molecule has 1 aliphatic rings. The summed E-state index contributed by atoms with van der Waals surface area (Å²) in [5.41, 5.74) is 4.71. The lowest BCUT2D eigenvalue weighted by molar-refractivity contribution is 0.296. The number of para-hydroxylation sites is 1. The van der Waals surface area contributed by atoms with Crippen molar-refractivity contribution in [3.05, 3.63) is 59.3 Å². The number of fused-ring (bicyclic) bond motifs is 1. The van der Waals surface area contributed by atoms with Gasteiger partial charge in [0.25, 0.3) is 0 Å². The summed E-state index contributed by atoms with van der Waals surface area (Å²) in [6.45, 7) is 0. The maximum absolute atomic E-state index is 11.1. The van der Waals surface area contributed by atoms with E-state index in [4.69, 9.17) is 5.21 Å². The number of benzene rings is 2. The van der Waals surface area contributed by atoms with Crippen LogP contribution in [0, 0.1) is 5.21 Å². The van der Waals surface area contributed by atoms with Gasteiger partial charge in [0.15, 0.2) is 5.82 Å². The van der Waals surface area contributed by atoms with Crippen molar-refractivity contribution >= 4 is 17.4 Å². The fraction of sp³-hybridized carbons (Fsp3) is 0.0667. The Labute approximate surface area is 140 Å². The van der Waals surface area contributed by atoms with Crippen LogP contribution in [-0.4, -0.2) is 25.2 Å². The number of thioether (sulfide) groups is 1. The minimum atomic E-state index is -0.201. The van der Waals surface area contributed by atoms with Crippen molar-refractivity contribution in [2.24, 2.45) is 0 Å². The summed E-state index contributed by atoms with van der Waals surface area (Å²) >= 11 is 1.43. The fourth-order valence-corrected chi connectivity index (χ4v) is 3.53. The van der Waals surface area contributed by atoms with Crippen LogP contribution < -0.4 is 10.7 Å². The van der Waals surface area contributed by atoms with Gasteiger partial charge in [0.2, 0.25) is 5.16 Å². The summed E-state index contributed by atoms with van der Waals surface area (Å²) in [5.74, 6) is 0.714. The number of nitrogens with zero attached hydrogens (tertiary/aromatic N) is 4. The van der Waals surface area contributed by atoms with Gasteiger partial charge in [-0.05, 0) is 18.2 Å². The maximum Gasteiger partial charge on any atom is 0.212 e. The molecule has 0 amide bonds. The Hall–Kier alpha value is -2.75. The molecule has 9 heteroatoms. The number of phenols is 1. The Morgan fingerprint density at radius 2 is 2.00 bits per heavy atom. The van der Waals surface area contributed by atoms with Gasteiger partial charge in [0, 0.05) is 11.1 Å². The molecule has 1 aromatic heterocycles. The van der Waals surface area contributed by atoms with E-state index in [1.165, 1.54) is 23.9 Å². The molecule has 8 nitrogen and oxygen atoms in total. The number of hydrogen-bond donors (Lipinski definition) is 3. The molecule has 0 radical (unpaired) electrons. The van der Waals surface area contributed by atoms with Crippen molar-refractivity contribution < 1.29 is 10.3 Å². The van der Waals surface area contributed by atoms with Gasteiger partial charge >= 0.3 is 0 Å². The highest BCUT2D eigenvalue weighted by atomic mass is 32.2. The number of aromatic hydroxyl groups is 1. The predicted molar refractivity (Wildman–Crippen MR) is 89.2 cm³/mol. The van der Waals surface area contributed by atoms with Crippen LogP contribution in [0.25, 0.3) is 11.4 Å². The molecule has 122 valence electrons. The van der Waals surface area contributed by atoms with Crippen LogP contribution in [0.2, 0.25) is 0 Å². The van der Waals surface area contributed by atoms with Crippen LogP contribution in [-0.2, 0) is 0 Å². The largest absolute Gasteiger partial charge is 0.733 e. The fourth-order valence-electron chi connectivity index (χ4n) is 2.50. The van der Waals surface area contributed by atoms with Gasteiger partial charge in [-0.1, -0.05) is 42.1 Å². The van der Waals surface area contributed by atoms with Crippen molar-refractivity contribution in [3.8, 4) is 17.1 Å². The van der Waals surface area contributed by atoms with Crippen molar-refractivity contribution in [1.82, 2.24) is 14.9 Å². The SMILES string of the molecule is [O-]N(O)c1cccc(-c2nnc3n2NC(c2ccccc2O)S3)c1. The van der Waals surface area contributed by atoms with Gasteiger partial charge in [0.1, 0.15) is 11.1 Å². The zero-order valence-corrected chi connectivity index (χ0v) is 13.0. The molecule has 0 aliphatic carbocycles. The van der Waals surface area contributed by atoms with E-state index >= 15 is 0 Å². The molecule has 0 saturated heterocycles. The Bertz CT molecular complexity index is 898. The summed E-state index contributed by atoms with van der Waals surface area (Å²) in [6, 6.07) is 13.5. The molecular weight excluding hydrogens is 330 g/mol. The second-order valence-electron chi connectivity index (χ2n) is 5.15. The second kappa shape index (κ2) is 5.71. The average Bonchev–Trinajstić information content (AvgIpc) is 3.15. The number of phenolic OH excluding ortho intramolecular Hbond substituents is 1. The molecule has 0 saturated carbocycles. The molecule has 0 bridgehead atoms. The molecule has 2 heterocycles. The molecule has 0 spiro atoms. The first-order valence-corrected chi connectivity index (χ1v) is 7.94. The van der Waals surface area contributed by atoms with E-state index < -0.39 is 0 Å². The lowest BCUT2D eigenvalue weighted by Crippen LogP contribution is -2.14. The third-order valence-corrected chi connectivity index (χ3v) is 4.72. The molecular formula is C15H12N5O3S-. The Morgan fingerprint density at radius 1 is 1.17 bits per heavy atom. The van der Waals surface area contributed by atoms with Crippen molar-refractivity contribution in [2.45, 2.75) is 10.5 Å². The zero-order chi connectivity index (χ0) is 16.7. The van der Waals surface area contributed by atoms with E-state index in [1.54, 1.807) is 28.9 Å². The van der Waals surface area contributed by atoms with Gasteiger partial charge in [-0.3, -0.25) is 5.21 Å². The normalized spacial score (nSPS) is 15.8. The second-order valence-corrected chi connectivity index (χ2v) is 6.22. The topological polar surface area (TPSA) is 110 Å². The van der Waals surface area contributed by atoms with Crippen LogP contribution >= 0.6 is 11.8 Å². The van der Waals surface area contributed by atoms with E-state index in [2.05, 4.69) is 15.6 Å². The van der Waals surface area contributed by atoms with Crippen LogP contribution in [0.3, 0.4) is 0 Å². The highest BCUT2D eigenvalue weighted by Gasteiger charge is 2.29. The lowest BCUT2D eigenvalue weighted by atomic mass is 10.2. The summed E-state index contributed by atoms with van der Waals surface area (Å²) in [4.78, 5) is 0. The highest BCUT2D eigenvalue weighted by molar-refractivity contribution is 7.99. The standard InChI is InChI=1S/C15H12N5O3S/c21-12-7-2-1-6-11(12)14-18-19-13(16-17-15(19)24-14)9-4-3-5-10(8-9)20(22)23/h1-8,14,18,21-22H/q-1. The molecule has 3 N–H and O–H groups in total. The van der Waals surface area contributed by atoms with Gasteiger partial charge in [-0.2, -0.15) is 0 Å². The lowest BCUT2D eigenvalue weighted by Gasteiger charge is -2.21. The number of hydrogen-bond acceptors (Lipinski definition) is 8. The maximum atomic E-state index is 11.1. The summed E-state index contributed by atoms with van der Waals surface area (Å²) in [6.07, 6.45) is 0.